The lowest BCUT2D eigenvalue weighted by atomic mass is 10.1. The zero-order valence-corrected chi connectivity index (χ0v) is 16.9. The number of nitrogens with zero attached hydrogens (tertiary/aromatic N) is 3. The molecule has 30 heavy (non-hydrogen) atoms. The minimum Gasteiger partial charge on any atom is -0.453 e. The van der Waals surface area contributed by atoms with Crippen LogP contribution in [0.4, 0.5) is 4.39 Å². The maximum absolute atomic E-state index is 13.1. The molecule has 2 aromatic heterocycles. The fourth-order valence-corrected chi connectivity index (χ4v) is 3.41. The second-order valence-corrected chi connectivity index (χ2v) is 7.57. The second-order valence-electron chi connectivity index (χ2n) is 7.57. The Bertz CT molecular complexity index is 1100. The third kappa shape index (κ3) is 4.30. The second kappa shape index (κ2) is 8.18. The summed E-state index contributed by atoms with van der Waals surface area (Å²) >= 11 is 0. The average molecular weight is 407 g/mol. The molecule has 0 spiro atoms. The van der Waals surface area contributed by atoms with E-state index in [9.17, 15) is 14.0 Å². The number of hydrogen-bond donors (Lipinski definition) is 0. The highest BCUT2D eigenvalue weighted by Crippen LogP contribution is 2.37. The fourth-order valence-electron chi connectivity index (χ4n) is 3.41. The Morgan fingerprint density at radius 1 is 1.17 bits per heavy atom. The van der Waals surface area contributed by atoms with Crippen molar-refractivity contribution >= 4 is 11.8 Å². The lowest BCUT2D eigenvalue weighted by molar-refractivity contribution is 0.0468. The van der Waals surface area contributed by atoms with Gasteiger partial charge in [-0.05, 0) is 56.5 Å². The van der Waals surface area contributed by atoms with Gasteiger partial charge in [-0.3, -0.25) is 4.79 Å². The van der Waals surface area contributed by atoms with Gasteiger partial charge in [0.15, 0.2) is 12.3 Å². The number of aryl methyl sites for hydroxylation is 1. The van der Waals surface area contributed by atoms with Crippen molar-refractivity contribution in [2.75, 3.05) is 6.61 Å². The van der Waals surface area contributed by atoms with Gasteiger partial charge in [0.1, 0.15) is 11.6 Å². The zero-order valence-electron chi connectivity index (χ0n) is 16.9. The van der Waals surface area contributed by atoms with Crippen LogP contribution in [0.2, 0.25) is 0 Å². The largest absolute Gasteiger partial charge is 0.453 e. The molecule has 0 aliphatic heterocycles. The normalized spacial score (nSPS) is 13.3. The Morgan fingerprint density at radius 2 is 1.90 bits per heavy atom. The Kier molecular flexibility index (Phi) is 5.44. The van der Waals surface area contributed by atoms with Crippen LogP contribution in [0.25, 0.3) is 0 Å². The van der Waals surface area contributed by atoms with E-state index in [1.807, 2.05) is 18.4 Å². The van der Waals surface area contributed by atoms with Gasteiger partial charge >= 0.3 is 5.97 Å². The summed E-state index contributed by atoms with van der Waals surface area (Å²) < 4.78 is 20.3. The van der Waals surface area contributed by atoms with Crippen molar-refractivity contribution in [2.45, 2.75) is 39.2 Å². The lowest BCUT2D eigenvalue weighted by Crippen LogP contribution is -2.16. The van der Waals surface area contributed by atoms with Gasteiger partial charge < -0.3 is 9.30 Å². The van der Waals surface area contributed by atoms with Crippen molar-refractivity contribution in [3.63, 3.8) is 0 Å². The molecule has 0 unspecified atom stereocenters. The van der Waals surface area contributed by atoms with E-state index in [-0.39, 0.29) is 23.9 Å². The Morgan fingerprint density at radius 3 is 2.60 bits per heavy atom. The zero-order chi connectivity index (χ0) is 21.3. The number of ketones is 1. The van der Waals surface area contributed by atoms with Gasteiger partial charge in [-0.2, -0.15) is 0 Å². The minimum absolute atomic E-state index is 0.168. The molecule has 4 rings (SSSR count). The number of hydrogen-bond acceptors (Lipinski definition) is 5. The van der Waals surface area contributed by atoms with E-state index in [1.165, 1.54) is 18.2 Å². The maximum Gasteiger partial charge on any atom is 0.357 e. The van der Waals surface area contributed by atoms with Crippen LogP contribution in [-0.4, -0.2) is 32.9 Å². The van der Waals surface area contributed by atoms with Crippen molar-refractivity contribution in [1.82, 2.24) is 14.5 Å². The van der Waals surface area contributed by atoms with E-state index in [1.54, 1.807) is 24.4 Å². The molecule has 0 amide bonds. The SMILES string of the molecule is Cc1cc(C(=O)COC(=O)c2ccnc(C3CC3)n2)c(C)n1Cc1ccc(F)cc1. The molecule has 1 aliphatic rings. The molecule has 1 aromatic carbocycles. The molecule has 0 saturated heterocycles. The summed E-state index contributed by atoms with van der Waals surface area (Å²) in [6.45, 7) is 3.91. The van der Waals surface area contributed by atoms with Crippen LogP contribution in [0.3, 0.4) is 0 Å². The van der Waals surface area contributed by atoms with E-state index in [0.29, 0.717) is 23.9 Å². The summed E-state index contributed by atoms with van der Waals surface area (Å²) in [7, 11) is 0. The molecule has 0 atom stereocenters. The van der Waals surface area contributed by atoms with Crippen LogP contribution >= 0.6 is 0 Å². The first-order chi connectivity index (χ1) is 14.4. The predicted molar refractivity (Wildman–Crippen MR) is 108 cm³/mol. The van der Waals surface area contributed by atoms with Gasteiger partial charge in [0.05, 0.1) is 0 Å². The molecular formula is C23H22FN3O3. The highest BCUT2D eigenvalue weighted by molar-refractivity contribution is 6.00. The number of rotatable bonds is 7. The van der Waals surface area contributed by atoms with Gasteiger partial charge in [0.25, 0.3) is 0 Å². The highest BCUT2D eigenvalue weighted by atomic mass is 19.1. The Balaban J connectivity index is 1.42. The number of halogens is 1. The number of Topliss-reactive ketones (excluding diaryl/α,β-unsaturated/α-hetero) is 1. The number of carbonyl (C=O) groups is 2. The summed E-state index contributed by atoms with van der Waals surface area (Å²) in [5.74, 6) is -0.220. The van der Waals surface area contributed by atoms with E-state index < -0.39 is 5.97 Å². The van der Waals surface area contributed by atoms with E-state index >= 15 is 0 Å². The quantitative estimate of drug-likeness (QED) is 0.437. The van der Waals surface area contributed by atoms with Gasteiger partial charge in [0, 0.05) is 35.6 Å². The van der Waals surface area contributed by atoms with Gasteiger partial charge in [0.2, 0.25) is 5.78 Å². The van der Waals surface area contributed by atoms with Crippen LogP contribution in [0.5, 0.6) is 0 Å². The summed E-state index contributed by atoms with van der Waals surface area (Å²) in [4.78, 5) is 33.4. The molecule has 7 heteroatoms. The number of benzene rings is 1. The van der Waals surface area contributed by atoms with Crippen LogP contribution in [-0.2, 0) is 11.3 Å². The molecule has 2 heterocycles. The maximum atomic E-state index is 13.1. The summed E-state index contributed by atoms with van der Waals surface area (Å²) in [6.07, 6.45) is 3.61. The molecule has 1 saturated carbocycles. The molecule has 6 nitrogen and oxygen atoms in total. The van der Waals surface area contributed by atoms with E-state index in [2.05, 4.69) is 9.97 Å². The minimum atomic E-state index is -0.632. The van der Waals surface area contributed by atoms with Crippen LogP contribution < -0.4 is 0 Å². The first-order valence-corrected chi connectivity index (χ1v) is 9.87. The predicted octanol–water partition coefficient (Wildman–Crippen LogP) is 4.00. The van der Waals surface area contributed by atoms with Crippen molar-refractivity contribution in [3.05, 3.63) is 82.4 Å². The monoisotopic (exact) mass is 407 g/mol. The molecule has 1 fully saturated rings. The Hall–Kier alpha value is -3.35. The molecule has 3 aromatic rings. The number of esters is 1. The molecule has 1 aliphatic carbocycles. The van der Waals surface area contributed by atoms with Crippen molar-refractivity contribution < 1.29 is 18.7 Å². The number of aromatic nitrogens is 3. The summed E-state index contributed by atoms with van der Waals surface area (Å²) in [6, 6.07) is 9.54. The fraction of sp³-hybridized carbons (Fsp3) is 0.304. The Labute approximate surface area is 173 Å². The third-order valence-corrected chi connectivity index (χ3v) is 5.29. The molecule has 154 valence electrons. The van der Waals surface area contributed by atoms with Gasteiger partial charge in [-0.25, -0.2) is 19.2 Å². The topological polar surface area (TPSA) is 74.1 Å². The van der Waals surface area contributed by atoms with Crippen molar-refractivity contribution in [2.24, 2.45) is 0 Å². The van der Waals surface area contributed by atoms with Gasteiger partial charge in [-0.1, -0.05) is 12.1 Å². The smallest absolute Gasteiger partial charge is 0.357 e. The highest BCUT2D eigenvalue weighted by Gasteiger charge is 2.27. The van der Waals surface area contributed by atoms with Crippen molar-refractivity contribution in [3.8, 4) is 0 Å². The first-order valence-electron chi connectivity index (χ1n) is 9.87. The van der Waals surface area contributed by atoms with Crippen LogP contribution in [0.15, 0.2) is 42.6 Å². The van der Waals surface area contributed by atoms with Crippen LogP contribution in [0, 0.1) is 19.7 Å². The average Bonchev–Trinajstić information content (AvgIpc) is 3.56. The summed E-state index contributed by atoms with van der Waals surface area (Å²) in [5, 5.41) is 0. The molecular weight excluding hydrogens is 385 g/mol. The lowest BCUT2D eigenvalue weighted by Gasteiger charge is -2.10. The standard InChI is InChI=1S/C23H22FN3O3/c1-14-11-19(15(2)27(14)12-16-3-7-18(24)8-4-16)21(28)13-30-23(29)20-9-10-25-22(26-20)17-5-6-17/h3-4,7-11,17H,5-6,12-13H2,1-2H3. The molecule has 0 bridgehead atoms. The number of carbonyl (C=O) groups excluding carboxylic acids is 2. The molecule has 0 radical (unpaired) electrons. The van der Waals surface area contributed by atoms with Gasteiger partial charge in [-0.15, -0.1) is 0 Å². The number of ether oxygens (including phenoxy) is 1. The van der Waals surface area contributed by atoms with E-state index in [0.717, 1.165) is 29.8 Å². The van der Waals surface area contributed by atoms with Crippen LogP contribution in [0.1, 0.15) is 62.4 Å². The van der Waals surface area contributed by atoms with E-state index in [4.69, 9.17) is 4.74 Å². The van der Waals surface area contributed by atoms with Crippen molar-refractivity contribution in [1.29, 1.82) is 0 Å². The first kappa shape index (κ1) is 19.9. The summed E-state index contributed by atoms with van der Waals surface area (Å²) in [5.41, 5.74) is 3.27. The third-order valence-electron chi connectivity index (χ3n) is 5.29. The molecule has 0 N–H and O–H groups in total.